The zero-order valence-electron chi connectivity index (χ0n) is 16.7. The predicted molar refractivity (Wildman–Crippen MR) is 113 cm³/mol. The standard InChI is InChI=1S/C22H26ClN3O3/c1-2-25(14-17-7-8-20-21(13-17)29-16-28-20)22(27)15-24-9-11-26(12-10-24)19-6-4-3-5-18(19)23/h3-8,13H,2,9-12,14-16H2,1H3/p+1. The Hall–Kier alpha value is -2.44. The summed E-state index contributed by atoms with van der Waals surface area (Å²) in [7, 11) is 0. The molecule has 1 N–H and O–H groups in total. The van der Waals surface area contributed by atoms with Gasteiger partial charge in [0.05, 0.1) is 36.9 Å². The molecule has 0 saturated carbocycles. The molecule has 7 heteroatoms. The van der Waals surface area contributed by atoms with Crippen molar-refractivity contribution >= 4 is 23.2 Å². The second kappa shape index (κ2) is 8.93. The van der Waals surface area contributed by atoms with Gasteiger partial charge in [0, 0.05) is 13.1 Å². The molecule has 0 radical (unpaired) electrons. The Balaban J connectivity index is 1.31. The number of anilines is 1. The molecule has 2 aliphatic rings. The summed E-state index contributed by atoms with van der Waals surface area (Å²) in [5.74, 6) is 1.71. The minimum atomic E-state index is 0.186. The summed E-state index contributed by atoms with van der Waals surface area (Å²) < 4.78 is 10.8. The van der Waals surface area contributed by atoms with Crippen molar-refractivity contribution in [1.82, 2.24) is 4.90 Å². The molecular formula is C22H27ClN3O3+. The quantitative estimate of drug-likeness (QED) is 0.780. The van der Waals surface area contributed by atoms with Gasteiger partial charge in [0.1, 0.15) is 0 Å². The van der Waals surface area contributed by atoms with Gasteiger partial charge < -0.3 is 24.2 Å². The molecule has 0 bridgehead atoms. The highest BCUT2D eigenvalue weighted by atomic mass is 35.5. The molecular weight excluding hydrogens is 390 g/mol. The third kappa shape index (κ3) is 4.60. The van der Waals surface area contributed by atoms with Crippen LogP contribution in [0.5, 0.6) is 11.5 Å². The Morgan fingerprint density at radius 2 is 1.90 bits per heavy atom. The van der Waals surface area contributed by atoms with Crippen molar-refractivity contribution in [1.29, 1.82) is 0 Å². The zero-order valence-corrected chi connectivity index (χ0v) is 17.5. The van der Waals surface area contributed by atoms with Crippen LogP contribution in [0.4, 0.5) is 5.69 Å². The fourth-order valence-electron chi connectivity index (χ4n) is 3.91. The number of likely N-dealkylation sites (N-methyl/N-ethyl adjacent to an activating group) is 1. The van der Waals surface area contributed by atoms with E-state index in [0.717, 1.165) is 54.0 Å². The normalized spacial score (nSPS) is 16.1. The van der Waals surface area contributed by atoms with Crippen molar-refractivity contribution < 1.29 is 19.2 Å². The lowest BCUT2D eigenvalue weighted by Gasteiger charge is -2.34. The number of nitrogens with zero attached hydrogens (tertiary/aromatic N) is 2. The smallest absolute Gasteiger partial charge is 0.278 e. The lowest BCUT2D eigenvalue weighted by molar-refractivity contribution is -0.892. The molecule has 1 fully saturated rings. The van der Waals surface area contributed by atoms with Crippen LogP contribution >= 0.6 is 11.6 Å². The second-order valence-electron chi connectivity index (χ2n) is 7.46. The number of ether oxygens (including phenoxy) is 2. The summed E-state index contributed by atoms with van der Waals surface area (Å²) in [6.45, 7) is 7.75. The maximum atomic E-state index is 12.9. The van der Waals surface area contributed by atoms with E-state index in [1.165, 1.54) is 4.90 Å². The highest BCUT2D eigenvalue weighted by Gasteiger charge is 2.25. The van der Waals surface area contributed by atoms with E-state index in [1.54, 1.807) is 0 Å². The van der Waals surface area contributed by atoms with Crippen LogP contribution in [0.3, 0.4) is 0 Å². The van der Waals surface area contributed by atoms with Gasteiger partial charge in [0.15, 0.2) is 18.0 Å². The molecule has 1 saturated heterocycles. The van der Waals surface area contributed by atoms with E-state index in [2.05, 4.69) is 11.0 Å². The average molecular weight is 417 g/mol. The monoisotopic (exact) mass is 416 g/mol. The minimum absolute atomic E-state index is 0.186. The summed E-state index contributed by atoms with van der Waals surface area (Å²) in [6.07, 6.45) is 0. The number of amides is 1. The molecule has 29 heavy (non-hydrogen) atoms. The van der Waals surface area contributed by atoms with Gasteiger partial charge in [-0.2, -0.15) is 0 Å². The van der Waals surface area contributed by atoms with Crippen molar-refractivity contribution in [3.05, 3.63) is 53.1 Å². The van der Waals surface area contributed by atoms with Gasteiger partial charge in [-0.05, 0) is 36.8 Å². The Kier molecular flexibility index (Phi) is 6.11. The van der Waals surface area contributed by atoms with E-state index < -0.39 is 0 Å². The number of nitrogens with one attached hydrogen (secondary N) is 1. The van der Waals surface area contributed by atoms with Crippen molar-refractivity contribution in [2.75, 3.05) is 51.0 Å². The first-order chi connectivity index (χ1) is 14.1. The maximum Gasteiger partial charge on any atom is 0.278 e. The van der Waals surface area contributed by atoms with Crippen LogP contribution in [0.25, 0.3) is 0 Å². The topological polar surface area (TPSA) is 46.5 Å². The van der Waals surface area contributed by atoms with Crippen LogP contribution < -0.4 is 19.3 Å². The van der Waals surface area contributed by atoms with Crippen LogP contribution in [0.1, 0.15) is 12.5 Å². The molecule has 0 aromatic heterocycles. The van der Waals surface area contributed by atoms with E-state index in [4.69, 9.17) is 21.1 Å². The Morgan fingerprint density at radius 1 is 1.14 bits per heavy atom. The number of benzene rings is 2. The number of rotatable bonds is 6. The lowest BCUT2D eigenvalue weighted by atomic mass is 10.2. The van der Waals surface area contributed by atoms with E-state index in [0.29, 0.717) is 19.6 Å². The second-order valence-corrected chi connectivity index (χ2v) is 7.87. The van der Waals surface area contributed by atoms with Gasteiger partial charge in [-0.25, -0.2) is 0 Å². The lowest BCUT2D eigenvalue weighted by Crippen LogP contribution is -3.15. The minimum Gasteiger partial charge on any atom is -0.454 e. The number of fused-ring (bicyclic) bond motifs is 1. The first-order valence-corrected chi connectivity index (χ1v) is 10.5. The molecule has 2 aromatic carbocycles. The first-order valence-electron chi connectivity index (χ1n) is 10.1. The van der Waals surface area contributed by atoms with E-state index in [-0.39, 0.29) is 12.7 Å². The molecule has 6 nitrogen and oxygen atoms in total. The summed E-state index contributed by atoms with van der Waals surface area (Å²) in [6, 6.07) is 13.8. The summed E-state index contributed by atoms with van der Waals surface area (Å²) in [4.78, 5) is 18.4. The Labute approximate surface area is 176 Å². The number of carbonyl (C=O) groups is 1. The Bertz CT molecular complexity index is 868. The summed E-state index contributed by atoms with van der Waals surface area (Å²) in [5.41, 5.74) is 2.14. The summed E-state index contributed by atoms with van der Waals surface area (Å²) >= 11 is 6.32. The van der Waals surface area contributed by atoms with Gasteiger partial charge in [-0.3, -0.25) is 4.79 Å². The predicted octanol–water partition coefficient (Wildman–Crippen LogP) is 1.82. The number of halogens is 1. The SMILES string of the molecule is CCN(Cc1ccc2c(c1)OCO2)C(=O)C[NH+]1CCN(c2ccccc2Cl)CC1. The third-order valence-electron chi connectivity index (χ3n) is 5.61. The Morgan fingerprint density at radius 3 is 2.66 bits per heavy atom. The number of hydrogen-bond donors (Lipinski definition) is 1. The van der Waals surface area contributed by atoms with Gasteiger partial charge in [0.25, 0.3) is 5.91 Å². The van der Waals surface area contributed by atoms with Crippen LogP contribution in [0.2, 0.25) is 5.02 Å². The highest BCUT2D eigenvalue weighted by molar-refractivity contribution is 6.33. The summed E-state index contributed by atoms with van der Waals surface area (Å²) in [5, 5.41) is 0.785. The molecule has 1 amide bonds. The fourth-order valence-corrected chi connectivity index (χ4v) is 4.17. The van der Waals surface area contributed by atoms with Crippen LogP contribution in [-0.4, -0.2) is 56.9 Å². The van der Waals surface area contributed by atoms with Crippen LogP contribution in [0.15, 0.2) is 42.5 Å². The molecule has 0 atom stereocenters. The molecule has 154 valence electrons. The van der Waals surface area contributed by atoms with Gasteiger partial charge in [-0.1, -0.05) is 29.8 Å². The zero-order chi connectivity index (χ0) is 20.2. The van der Waals surface area contributed by atoms with E-state index in [1.807, 2.05) is 48.2 Å². The van der Waals surface area contributed by atoms with E-state index >= 15 is 0 Å². The van der Waals surface area contributed by atoms with Crippen molar-refractivity contribution in [2.24, 2.45) is 0 Å². The third-order valence-corrected chi connectivity index (χ3v) is 5.93. The maximum absolute atomic E-state index is 12.9. The molecule has 0 spiro atoms. The first kappa shape index (κ1) is 19.9. The molecule has 0 aliphatic carbocycles. The van der Waals surface area contributed by atoms with Crippen LogP contribution in [-0.2, 0) is 11.3 Å². The largest absolute Gasteiger partial charge is 0.454 e. The number of quaternary nitrogens is 1. The van der Waals surface area contributed by atoms with Crippen LogP contribution in [0, 0.1) is 0 Å². The number of carbonyl (C=O) groups excluding carboxylic acids is 1. The van der Waals surface area contributed by atoms with Gasteiger partial charge >= 0.3 is 0 Å². The molecule has 4 rings (SSSR count). The highest BCUT2D eigenvalue weighted by Crippen LogP contribution is 2.32. The fraction of sp³-hybridized carbons (Fsp3) is 0.409. The van der Waals surface area contributed by atoms with Crippen molar-refractivity contribution in [3.8, 4) is 11.5 Å². The van der Waals surface area contributed by atoms with E-state index in [9.17, 15) is 4.79 Å². The molecule has 2 aromatic rings. The molecule has 2 heterocycles. The number of hydrogen-bond acceptors (Lipinski definition) is 4. The van der Waals surface area contributed by atoms with Crippen molar-refractivity contribution in [2.45, 2.75) is 13.5 Å². The van der Waals surface area contributed by atoms with Crippen molar-refractivity contribution in [3.63, 3.8) is 0 Å². The number of para-hydroxylation sites is 1. The van der Waals surface area contributed by atoms with Gasteiger partial charge in [0.2, 0.25) is 6.79 Å². The molecule has 2 aliphatic heterocycles. The van der Waals surface area contributed by atoms with Gasteiger partial charge in [-0.15, -0.1) is 0 Å². The number of piperazine rings is 1. The average Bonchev–Trinajstić information content (AvgIpc) is 3.21. The molecule has 0 unspecified atom stereocenters.